The molecule has 1 saturated heterocycles. The standard InChI is InChI=1S/C20H25N3O3S/c1-14-7-9-16(10-8-14)27(25,26)23-18-6-4-3-5-17(18)20(24)22-19-13-21-12-11-15(19)2/h3-10,15,19,21,23H,11-13H2,1-2H3,(H,22,24). The van der Waals surface area contributed by atoms with Crippen LogP contribution in [0, 0.1) is 12.8 Å². The Labute approximate surface area is 160 Å². The number of amides is 1. The third-order valence-corrected chi connectivity index (χ3v) is 6.27. The highest BCUT2D eigenvalue weighted by Gasteiger charge is 2.25. The number of hydrogen-bond donors (Lipinski definition) is 3. The summed E-state index contributed by atoms with van der Waals surface area (Å²) in [6, 6.07) is 13.3. The summed E-state index contributed by atoms with van der Waals surface area (Å²) in [4.78, 5) is 12.9. The lowest BCUT2D eigenvalue weighted by molar-refractivity contribution is 0.0916. The molecule has 1 heterocycles. The molecule has 6 nitrogen and oxygen atoms in total. The number of nitrogens with one attached hydrogen (secondary N) is 3. The molecular formula is C20H25N3O3S. The smallest absolute Gasteiger partial charge is 0.261 e. The lowest BCUT2D eigenvalue weighted by Gasteiger charge is -2.30. The van der Waals surface area contributed by atoms with E-state index >= 15 is 0 Å². The molecule has 0 spiro atoms. The number of piperidine rings is 1. The topological polar surface area (TPSA) is 87.3 Å². The van der Waals surface area contributed by atoms with Crippen LogP contribution in [-0.2, 0) is 10.0 Å². The van der Waals surface area contributed by atoms with Crippen LogP contribution in [0.2, 0.25) is 0 Å². The van der Waals surface area contributed by atoms with Gasteiger partial charge in [0.25, 0.3) is 15.9 Å². The number of aryl methyl sites for hydroxylation is 1. The van der Waals surface area contributed by atoms with Gasteiger partial charge in [-0.15, -0.1) is 0 Å². The van der Waals surface area contributed by atoms with Crippen molar-refractivity contribution in [3.8, 4) is 0 Å². The Morgan fingerprint density at radius 3 is 2.52 bits per heavy atom. The van der Waals surface area contributed by atoms with Gasteiger partial charge in [-0.2, -0.15) is 0 Å². The summed E-state index contributed by atoms with van der Waals surface area (Å²) in [6.07, 6.45) is 0.993. The van der Waals surface area contributed by atoms with Crippen LogP contribution in [0.15, 0.2) is 53.4 Å². The Kier molecular flexibility index (Phi) is 5.82. The van der Waals surface area contributed by atoms with Gasteiger partial charge in [0.1, 0.15) is 0 Å². The van der Waals surface area contributed by atoms with Gasteiger partial charge in [-0.25, -0.2) is 8.42 Å². The second-order valence-corrected chi connectivity index (χ2v) is 8.70. The first kappa shape index (κ1) is 19.4. The fraction of sp³-hybridized carbons (Fsp3) is 0.350. The maximum absolute atomic E-state index is 12.8. The summed E-state index contributed by atoms with van der Waals surface area (Å²) < 4.78 is 27.9. The van der Waals surface area contributed by atoms with E-state index < -0.39 is 10.0 Å². The van der Waals surface area contributed by atoms with Crippen molar-refractivity contribution in [1.82, 2.24) is 10.6 Å². The van der Waals surface area contributed by atoms with Crippen molar-refractivity contribution in [2.75, 3.05) is 17.8 Å². The molecule has 0 aliphatic carbocycles. The molecule has 1 fully saturated rings. The quantitative estimate of drug-likeness (QED) is 0.736. The van der Waals surface area contributed by atoms with Crippen LogP contribution in [0.4, 0.5) is 5.69 Å². The van der Waals surface area contributed by atoms with E-state index in [0.29, 0.717) is 18.0 Å². The van der Waals surface area contributed by atoms with Crippen molar-refractivity contribution >= 4 is 21.6 Å². The molecule has 1 aliphatic heterocycles. The van der Waals surface area contributed by atoms with Crippen LogP contribution in [-0.4, -0.2) is 33.5 Å². The van der Waals surface area contributed by atoms with E-state index in [0.717, 1.165) is 18.5 Å². The molecule has 7 heteroatoms. The molecule has 144 valence electrons. The number of anilines is 1. The summed E-state index contributed by atoms with van der Waals surface area (Å²) in [5.74, 6) is 0.0874. The minimum Gasteiger partial charge on any atom is -0.348 e. The first-order valence-electron chi connectivity index (χ1n) is 9.07. The number of rotatable bonds is 5. The molecular weight excluding hydrogens is 362 g/mol. The Balaban J connectivity index is 1.81. The summed E-state index contributed by atoms with van der Waals surface area (Å²) in [5.41, 5.74) is 1.56. The zero-order valence-electron chi connectivity index (χ0n) is 15.5. The molecule has 2 aromatic carbocycles. The number of carbonyl (C=O) groups excluding carboxylic acids is 1. The number of sulfonamides is 1. The van der Waals surface area contributed by atoms with Gasteiger partial charge in [0, 0.05) is 12.6 Å². The average molecular weight is 388 g/mol. The van der Waals surface area contributed by atoms with E-state index in [1.165, 1.54) is 0 Å². The van der Waals surface area contributed by atoms with Crippen molar-refractivity contribution in [3.05, 3.63) is 59.7 Å². The fourth-order valence-electron chi connectivity index (χ4n) is 3.12. The van der Waals surface area contributed by atoms with Crippen LogP contribution >= 0.6 is 0 Å². The van der Waals surface area contributed by atoms with E-state index in [-0.39, 0.29) is 22.5 Å². The summed E-state index contributed by atoms with van der Waals surface area (Å²) >= 11 is 0. The van der Waals surface area contributed by atoms with E-state index in [1.807, 2.05) is 6.92 Å². The monoisotopic (exact) mass is 387 g/mol. The number of carbonyl (C=O) groups is 1. The van der Waals surface area contributed by atoms with Gasteiger partial charge >= 0.3 is 0 Å². The highest BCUT2D eigenvalue weighted by molar-refractivity contribution is 7.92. The van der Waals surface area contributed by atoms with Gasteiger partial charge in [-0.3, -0.25) is 9.52 Å². The maximum atomic E-state index is 12.8. The molecule has 3 rings (SSSR count). The van der Waals surface area contributed by atoms with Crippen LogP contribution in [0.5, 0.6) is 0 Å². The predicted octanol–water partition coefficient (Wildman–Crippen LogP) is 2.52. The third-order valence-electron chi connectivity index (χ3n) is 4.89. The van der Waals surface area contributed by atoms with Crippen molar-refractivity contribution in [2.24, 2.45) is 5.92 Å². The minimum atomic E-state index is -3.77. The fourth-order valence-corrected chi connectivity index (χ4v) is 4.20. The van der Waals surface area contributed by atoms with E-state index in [9.17, 15) is 13.2 Å². The van der Waals surface area contributed by atoms with Gasteiger partial charge in [0.15, 0.2) is 0 Å². The van der Waals surface area contributed by atoms with Crippen LogP contribution in [0.25, 0.3) is 0 Å². The second-order valence-electron chi connectivity index (χ2n) is 7.01. The summed E-state index contributed by atoms with van der Waals surface area (Å²) in [5, 5.41) is 6.30. The van der Waals surface area contributed by atoms with Crippen LogP contribution in [0.1, 0.15) is 29.3 Å². The molecule has 3 N–H and O–H groups in total. The van der Waals surface area contributed by atoms with E-state index in [1.54, 1.807) is 48.5 Å². The molecule has 2 atom stereocenters. The Hall–Kier alpha value is -2.38. The molecule has 0 bridgehead atoms. The highest BCUT2D eigenvalue weighted by Crippen LogP contribution is 2.21. The molecule has 27 heavy (non-hydrogen) atoms. The summed E-state index contributed by atoms with van der Waals surface area (Å²) in [6.45, 7) is 5.66. The number of para-hydroxylation sites is 1. The molecule has 2 aromatic rings. The molecule has 0 radical (unpaired) electrons. The normalized spacial score (nSPS) is 20.1. The SMILES string of the molecule is Cc1ccc(S(=O)(=O)Nc2ccccc2C(=O)NC2CNCCC2C)cc1. The lowest BCUT2D eigenvalue weighted by atomic mass is 9.94. The average Bonchev–Trinajstić information content (AvgIpc) is 2.64. The number of hydrogen-bond acceptors (Lipinski definition) is 4. The third kappa shape index (κ3) is 4.67. The first-order chi connectivity index (χ1) is 12.9. The summed E-state index contributed by atoms with van der Waals surface area (Å²) in [7, 11) is -3.77. The number of benzene rings is 2. The van der Waals surface area contributed by atoms with Crippen molar-refractivity contribution in [1.29, 1.82) is 0 Å². The van der Waals surface area contributed by atoms with Gasteiger partial charge in [0.2, 0.25) is 0 Å². The minimum absolute atomic E-state index is 0.0213. The predicted molar refractivity (Wildman–Crippen MR) is 106 cm³/mol. The second kappa shape index (κ2) is 8.10. The Morgan fingerprint density at radius 1 is 1.11 bits per heavy atom. The van der Waals surface area contributed by atoms with Gasteiger partial charge in [-0.05, 0) is 50.1 Å². The lowest BCUT2D eigenvalue weighted by Crippen LogP contribution is -2.50. The maximum Gasteiger partial charge on any atom is 0.261 e. The largest absolute Gasteiger partial charge is 0.348 e. The van der Waals surface area contributed by atoms with Gasteiger partial charge in [-0.1, -0.05) is 36.8 Å². The zero-order chi connectivity index (χ0) is 19.4. The Bertz CT molecular complexity index is 910. The molecule has 0 aromatic heterocycles. The van der Waals surface area contributed by atoms with Crippen LogP contribution in [0.3, 0.4) is 0 Å². The first-order valence-corrected chi connectivity index (χ1v) is 10.6. The molecule has 1 aliphatic rings. The van der Waals surface area contributed by atoms with Crippen molar-refractivity contribution in [3.63, 3.8) is 0 Å². The van der Waals surface area contributed by atoms with E-state index in [4.69, 9.17) is 0 Å². The highest BCUT2D eigenvalue weighted by atomic mass is 32.2. The van der Waals surface area contributed by atoms with E-state index in [2.05, 4.69) is 22.3 Å². The molecule has 0 saturated carbocycles. The van der Waals surface area contributed by atoms with Crippen LogP contribution < -0.4 is 15.4 Å². The molecule has 1 amide bonds. The Morgan fingerprint density at radius 2 is 1.81 bits per heavy atom. The molecule has 2 unspecified atom stereocenters. The van der Waals surface area contributed by atoms with Gasteiger partial charge < -0.3 is 10.6 Å². The van der Waals surface area contributed by atoms with Crippen molar-refractivity contribution < 1.29 is 13.2 Å². The van der Waals surface area contributed by atoms with Gasteiger partial charge in [0.05, 0.1) is 16.1 Å². The zero-order valence-corrected chi connectivity index (χ0v) is 16.3. The van der Waals surface area contributed by atoms with Crippen molar-refractivity contribution in [2.45, 2.75) is 31.2 Å².